The summed E-state index contributed by atoms with van der Waals surface area (Å²) in [5.74, 6) is -0.0808. The van der Waals surface area contributed by atoms with Gasteiger partial charge >= 0.3 is 5.97 Å². The quantitative estimate of drug-likeness (QED) is 0.658. The molecule has 0 aromatic rings. The van der Waals surface area contributed by atoms with Crippen molar-refractivity contribution in [2.45, 2.75) is 33.2 Å². The lowest BCUT2D eigenvalue weighted by atomic mass is 10.0. The fourth-order valence-electron chi connectivity index (χ4n) is 2.01. The summed E-state index contributed by atoms with van der Waals surface area (Å²) in [7, 11) is 1.37. The smallest absolute Gasteiger partial charge is 0.311 e. The number of carbonyl (C=O) groups is 2. The fraction of sp³-hybridized carbons (Fsp3) is 0.818. The second-order valence-electron chi connectivity index (χ2n) is 4.51. The molecule has 2 atom stereocenters. The maximum absolute atomic E-state index is 11.7. The summed E-state index contributed by atoms with van der Waals surface area (Å²) in [5, 5.41) is 0. The highest BCUT2D eigenvalue weighted by Gasteiger charge is 2.41. The van der Waals surface area contributed by atoms with E-state index in [-0.39, 0.29) is 23.8 Å². The van der Waals surface area contributed by atoms with E-state index in [1.807, 2.05) is 6.92 Å². The van der Waals surface area contributed by atoms with E-state index in [9.17, 15) is 9.59 Å². The van der Waals surface area contributed by atoms with Crippen molar-refractivity contribution in [2.75, 3.05) is 13.7 Å². The Balaban J connectivity index is 2.70. The number of hydrogen-bond acceptors (Lipinski definition) is 3. The van der Waals surface area contributed by atoms with Gasteiger partial charge in [0, 0.05) is 19.0 Å². The first-order valence-corrected chi connectivity index (χ1v) is 5.34. The van der Waals surface area contributed by atoms with Crippen molar-refractivity contribution in [3.63, 3.8) is 0 Å². The number of likely N-dealkylation sites (tertiary alicyclic amines) is 1. The van der Waals surface area contributed by atoms with Gasteiger partial charge in [0.05, 0.1) is 13.0 Å². The molecule has 4 nitrogen and oxygen atoms in total. The lowest BCUT2D eigenvalue weighted by molar-refractivity contribution is -0.146. The van der Waals surface area contributed by atoms with Gasteiger partial charge in [-0.05, 0) is 12.8 Å². The van der Waals surface area contributed by atoms with Gasteiger partial charge in [0.2, 0.25) is 5.91 Å². The molecule has 0 aromatic carbocycles. The number of nitrogens with zero attached hydrogens (tertiary/aromatic N) is 1. The summed E-state index contributed by atoms with van der Waals surface area (Å²) in [6, 6.07) is -0.0349. The van der Waals surface area contributed by atoms with E-state index >= 15 is 0 Å². The Morgan fingerprint density at radius 1 is 1.60 bits per heavy atom. The molecule has 0 aromatic heterocycles. The van der Waals surface area contributed by atoms with Gasteiger partial charge < -0.3 is 9.64 Å². The zero-order valence-corrected chi connectivity index (χ0v) is 9.82. The maximum atomic E-state index is 11.7. The predicted molar refractivity (Wildman–Crippen MR) is 56.1 cm³/mol. The fourth-order valence-corrected chi connectivity index (χ4v) is 2.01. The summed E-state index contributed by atoms with van der Waals surface area (Å²) in [6.45, 7) is 6.75. The molecule has 2 unspecified atom stereocenters. The number of carbonyl (C=O) groups excluding carboxylic acids is 2. The molecule has 0 radical (unpaired) electrons. The van der Waals surface area contributed by atoms with Crippen molar-refractivity contribution in [3.8, 4) is 0 Å². The van der Waals surface area contributed by atoms with Crippen molar-refractivity contribution in [1.82, 2.24) is 4.90 Å². The minimum Gasteiger partial charge on any atom is -0.469 e. The van der Waals surface area contributed by atoms with E-state index in [4.69, 9.17) is 0 Å². The van der Waals surface area contributed by atoms with E-state index < -0.39 is 0 Å². The first-order chi connectivity index (χ1) is 6.97. The van der Waals surface area contributed by atoms with Crippen LogP contribution < -0.4 is 0 Å². The summed E-state index contributed by atoms with van der Waals surface area (Å²) in [5.41, 5.74) is 0. The molecule has 1 aliphatic rings. The molecule has 0 bridgehead atoms. The molecular formula is C11H19NO3. The van der Waals surface area contributed by atoms with Crippen LogP contribution in [0.2, 0.25) is 0 Å². The number of rotatable bonds is 3. The van der Waals surface area contributed by atoms with Gasteiger partial charge in [0.25, 0.3) is 0 Å². The Morgan fingerprint density at radius 3 is 2.67 bits per heavy atom. The van der Waals surface area contributed by atoms with Crippen LogP contribution in [0.15, 0.2) is 0 Å². The van der Waals surface area contributed by atoms with Gasteiger partial charge in [0.1, 0.15) is 0 Å². The molecule has 1 aliphatic heterocycles. The monoisotopic (exact) mass is 213 g/mol. The number of ether oxygens (including phenoxy) is 1. The Labute approximate surface area is 90.6 Å². The van der Waals surface area contributed by atoms with Crippen LogP contribution >= 0.6 is 0 Å². The van der Waals surface area contributed by atoms with Crippen molar-refractivity contribution in [2.24, 2.45) is 11.8 Å². The number of hydrogen-bond donors (Lipinski definition) is 0. The van der Waals surface area contributed by atoms with Gasteiger partial charge in [-0.3, -0.25) is 9.59 Å². The minimum atomic E-state index is -0.291. The summed E-state index contributed by atoms with van der Waals surface area (Å²) < 4.78 is 4.69. The third-order valence-electron chi connectivity index (χ3n) is 2.85. The standard InChI is InChI=1S/C11H19NO3/c1-7(2)6-12-8(3)9(5-10(12)13)11(14)15-4/h7-9H,5-6H2,1-4H3. The largest absolute Gasteiger partial charge is 0.469 e. The van der Waals surface area contributed by atoms with Crippen molar-refractivity contribution in [1.29, 1.82) is 0 Å². The van der Waals surface area contributed by atoms with Gasteiger partial charge in [-0.25, -0.2) is 0 Å². The topological polar surface area (TPSA) is 46.6 Å². The van der Waals surface area contributed by atoms with E-state index in [2.05, 4.69) is 18.6 Å². The third-order valence-corrected chi connectivity index (χ3v) is 2.85. The molecular weight excluding hydrogens is 194 g/mol. The molecule has 0 saturated carbocycles. The van der Waals surface area contributed by atoms with Crippen LogP contribution in [0.5, 0.6) is 0 Å². The van der Waals surface area contributed by atoms with Gasteiger partial charge in [-0.15, -0.1) is 0 Å². The van der Waals surface area contributed by atoms with E-state index in [0.717, 1.165) is 0 Å². The van der Waals surface area contributed by atoms with Gasteiger partial charge in [0.15, 0.2) is 0 Å². The molecule has 86 valence electrons. The van der Waals surface area contributed by atoms with Crippen LogP contribution in [0.25, 0.3) is 0 Å². The first-order valence-electron chi connectivity index (χ1n) is 5.34. The first kappa shape index (κ1) is 12.0. The second-order valence-corrected chi connectivity index (χ2v) is 4.51. The number of amides is 1. The molecule has 1 heterocycles. The van der Waals surface area contributed by atoms with Crippen molar-refractivity contribution in [3.05, 3.63) is 0 Å². The lowest BCUT2D eigenvalue weighted by Gasteiger charge is -2.25. The molecule has 0 N–H and O–H groups in total. The Morgan fingerprint density at radius 2 is 2.20 bits per heavy atom. The molecule has 0 spiro atoms. The van der Waals surface area contributed by atoms with Gasteiger partial charge in [-0.1, -0.05) is 13.8 Å². The van der Waals surface area contributed by atoms with Crippen LogP contribution in [0.3, 0.4) is 0 Å². The molecule has 1 rings (SSSR count). The average Bonchev–Trinajstić information content (AvgIpc) is 2.44. The third kappa shape index (κ3) is 2.49. The second kappa shape index (κ2) is 4.64. The Hall–Kier alpha value is -1.06. The van der Waals surface area contributed by atoms with Crippen LogP contribution in [0, 0.1) is 11.8 Å². The van der Waals surface area contributed by atoms with Gasteiger partial charge in [-0.2, -0.15) is 0 Å². The minimum absolute atomic E-state index is 0.0349. The summed E-state index contributed by atoms with van der Waals surface area (Å²) >= 11 is 0. The maximum Gasteiger partial charge on any atom is 0.311 e. The van der Waals surface area contributed by atoms with E-state index in [0.29, 0.717) is 18.9 Å². The Kier molecular flexibility index (Phi) is 3.72. The Bertz CT molecular complexity index is 263. The van der Waals surface area contributed by atoms with Crippen LogP contribution in [0.1, 0.15) is 27.2 Å². The molecule has 0 aliphatic carbocycles. The molecule has 1 amide bonds. The van der Waals surface area contributed by atoms with Crippen molar-refractivity contribution >= 4 is 11.9 Å². The highest BCUT2D eigenvalue weighted by atomic mass is 16.5. The van der Waals surface area contributed by atoms with Crippen LogP contribution in [0.4, 0.5) is 0 Å². The zero-order valence-electron chi connectivity index (χ0n) is 9.82. The van der Waals surface area contributed by atoms with E-state index in [1.54, 1.807) is 4.90 Å². The van der Waals surface area contributed by atoms with E-state index in [1.165, 1.54) is 7.11 Å². The van der Waals surface area contributed by atoms with Crippen LogP contribution in [-0.2, 0) is 14.3 Å². The molecule has 1 saturated heterocycles. The predicted octanol–water partition coefficient (Wildman–Crippen LogP) is 1.05. The highest BCUT2D eigenvalue weighted by molar-refractivity contribution is 5.87. The SMILES string of the molecule is COC(=O)C1CC(=O)N(CC(C)C)C1C. The van der Waals surface area contributed by atoms with Crippen molar-refractivity contribution < 1.29 is 14.3 Å². The molecule has 1 fully saturated rings. The zero-order chi connectivity index (χ0) is 11.6. The number of methoxy groups -OCH3 is 1. The molecule has 4 heteroatoms. The van der Waals surface area contributed by atoms with Crippen LogP contribution in [-0.4, -0.2) is 36.5 Å². The number of esters is 1. The molecule has 15 heavy (non-hydrogen) atoms. The summed E-state index contributed by atoms with van der Waals surface area (Å²) in [6.07, 6.45) is 0.292. The highest BCUT2D eigenvalue weighted by Crippen LogP contribution is 2.26. The summed E-state index contributed by atoms with van der Waals surface area (Å²) in [4.78, 5) is 24.9. The normalized spacial score (nSPS) is 26.2. The average molecular weight is 213 g/mol. The lowest BCUT2D eigenvalue weighted by Crippen LogP contribution is -2.37.